The number of carbonyl (C=O) groups is 2. The Morgan fingerprint density at radius 1 is 1.17 bits per heavy atom. The summed E-state index contributed by atoms with van der Waals surface area (Å²) in [6.07, 6.45) is 2.90. The van der Waals surface area contributed by atoms with E-state index >= 15 is 0 Å². The van der Waals surface area contributed by atoms with Crippen LogP contribution >= 0.6 is 12.4 Å². The summed E-state index contributed by atoms with van der Waals surface area (Å²) in [7, 11) is 3.12. The molecule has 1 fully saturated rings. The van der Waals surface area contributed by atoms with Crippen LogP contribution in [0.25, 0.3) is 0 Å². The standard InChI is InChI=1S/C21H33N3O4.ClH/c1-5-21(6-2,14-22)20(26)23-15-9-11-24(12-10-15)19(25)17-8-7-16(27-3)13-18(17)28-4;/h7-8,13,15H,5-6,9-12,14,22H2,1-4H3,(H,23,26);1H. The van der Waals surface area contributed by atoms with Crippen molar-refractivity contribution in [3.05, 3.63) is 23.8 Å². The van der Waals surface area contributed by atoms with E-state index in [2.05, 4.69) is 5.32 Å². The average molecular weight is 428 g/mol. The van der Waals surface area contributed by atoms with Crippen LogP contribution in [0.1, 0.15) is 49.9 Å². The molecule has 1 aliphatic rings. The number of likely N-dealkylation sites (tertiary alicyclic amines) is 1. The molecule has 1 aromatic rings. The summed E-state index contributed by atoms with van der Waals surface area (Å²) in [5, 5.41) is 3.15. The molecule has 1 heterocycles. The maximum absolute atomic E-state index is 12.9. The Balaban J connectivity index is 0.00000420. The number of nitrogens with two attached hydrogens (primary N) is 1. The molecule has 0 atom stereocenters. The van der Waals surface area contributed by atoms with Gasteiger partial charge >= 0.3 is 0 Å². The van der Waals surface area contributed by atoms with Crippen LogP contribution in [0.15, 0.2) is 18.2 Å². The number of amides is 2. The van der Waals surface area contributed by atoms with Gasteiger partial charge in [0.2, 0.25) is 5.91 Å². The Kier molecular flexibility index (Phi) is 9.73. The summed E-state index contributed by atoms with van der Waals surface area (Å²) in [6, 6.07) is 5.26. The second-order valence-corrected chi connectivity index (χ2v) is 7.30. The summed E-state index contributed by atoms with van der Waals surface area (Å²) in [5.41, 5.74) is 5.90. The zero-order chi connectivity index (χ0) is 20.7. The van der Waals surface area contributed by atoms with E-state index in [0.29, 0.717) is 36.7 Å². The van der Waals surface area contributed by atoms with Gasteiger partial charge in [0.05, 0.1) is 25.2 Å². The molecule has 29 heavy (non-hydrogen) atoms. The monoisotopic (exact) mass is 427 g/mol. The minimum Gasteiger partial charge on any atom is -0.497 e. The molecule has 1 saturated heterocycles. The lowest BCUT2D eigenvalue weighted by atomic mass is 9.81. The number of benzene rings is 1. The number of carbonyl (C=O) groups excluding carboxylic acids is 2. The van der Waals surface area contributed by atoms with Crippen LogP contribution in [0.5, 0.6) is 11.5 Å². The van der Waals surface area contributed by atoms with Gasteiger partial charge in [-0.15, -0.1) is 12.4 Å². The SMILES string of the molecule is CCC(CC)(CN)C(=O)NC1CCN(C(=O)c2ccc(OC)cc2OC)CC1.Cl. The van der Waals surface area contributed by atoms with E-state index < -0.39 is 5.41 Å². The molecule has 3 N–H and O–H groups in total. The first-order valence-corrected chi connectivity index (χ1v) is 9.97. The second-order valence-electron chi connectivity index (χ2n) is 7.30. The van der Waals surface area contributed by atoms with Crippen molar-refractivity contribution < 1.29 is 19.1 Å². The Bertz CT molecular complexity index is 678. The molecule has 1 aromatic carbocycles. The number of halogens is 1. The first kappa shape index (κ1) is 25.0. The fraction of sp³-hybridized carbons (Fsp3) is 0.619. The summed E-state index contributed by atoms with van der Waals surface area (Å²) >= 11 is 0. The van der Waals surface area contributed by atoms with Crippen molar-refractivity contribution in [2.45, 2.75) is 45.6 Å². The number of hydrogen-bond donors (Lipinski definition) is 2. The highest BCUT2D eigenvalue weighted by Crippen LogP contribution is 2.28. The predicted molar refractivity (Wildman–Crippen MR) is 116 cm³/mol. The third-order valence-corrected chi connectivity index (χ3v) is 5.98. The number of nitrogens with one attached hydrogen (secondary N) is 1. The van der Waals surface area contributed by atoms with Gasteiger partial charge in [-0.2, -0.15) is 0 Å². The van der Waals surface area contributed by atoms with Gasteiger partial charge in [0, 0.05) is 31.7 Å². The van der Waals surface area contributed by atoms with Gasteiger partial charge in [0.15, 0.2) is 0 Å². The molecular weight excluding hydrogens is 394 g/mol. The van der Waals surface area contributed by atoms with E-state index in [1.54, 1.807) is 32.4 Å². The minimum atomic E-state index is -0.497. The molecular formula is C21H34ClN3O4. The Morgan fingerprint density at radius 3 is 2.28 bits per heavy atom. The maximum atomic E-state index is 12.9. The molecule has 0 aliphatic carbocycles. The van der Waals surface area contributed by atoms with E-state index in [9.17, 15) is 9.59 Å². The van der Waals surface area contributed by atoms with Crippen molar-refractivity contribution in [1.82, 2.24) is 10.2 Å². The number of nitrogens with zero attached hydrogens (tertiary/aromatic N) is 1. The largest absolute Gasteiger partial charge is 0.497 e. The number of piperidine rings is 1. The highest BCUT2D eigenvalue weighted by molar-refractivity contribution is 5.97. The number of rotatable bonds is 8. The van der Waals surface area contributed by atoms with Crippen LogP contribution in [-0.4, -0.2) is 56.6 Å². The molecule has 0 saturated carbocycles. The van der Waals surface area contributed by atoms with E-state index in [1.165, 1.54) is 0 Å². The van der Waals surface area contributed by atoms with E-state index in [-0.39, 0.29) is 30.3 Å². The third-order valence-electron chi connectivity index (χ3n) is 5.98. The summed E-state index contributed by atoms with van der Waals surface area (Å²) in [6.45, 7) is 5.53. The number of ether oxygens (including phenoxy) is 2. The first-order valence-electron chi connectivity index (χ1n) is 9.97. The minimum absolute atomic E-state index is 0. The molecule has 0 bridgehead atoms. The van der Waals surface area contributed by atoms with E-state index in [0.717, 1.165) is 25.7 Å². The summed E-state index contributed by atoms with van der Waals surface area (Å²) in [4.78, 5) is 27.4. The van der Waals surface area contributed by atoms with Crippen LogP contribution in [0.4, 0.5) is 0 Å². The van der Waals surface area contributed by atoms with Crippen molar-refractivity contribution in [2.24, 2.45) is 11.1 Å². The predicted octanol–water partition coefficient (Wildman–Crippen LogP) is 2.61. The van der Waals surface area contributed by atoms with Gasteiger partial charge in [-0.1, -0.05) is 13.8 Å². The van der Waals surface area contributed by atoms with Crippen molar-refractivity contribution in [1.29, 1.82) is 0 Å². The fourth-order valence-corrected chi connectivity index (χ4v) is 3.66. The zero-order valence-corrected chi connectivity index (χ0v) is 18.6. The molecule has 164 valence electrons. The lowest BCUT2D eigenvalue weighted by Gasteiger charge is -2.36. The molecule has 0 radical (unpaired) electrons. The van der Waals surface area contributed by atoms with Crippen LogP contribution < -0.4 is 20.5 Å². The maximum Gasteiger partial charge on any atom is 0.257 e. The number of methoxy groups -OCH3 is 2. The van der Waals surface area contributed by atoms with E-state index in [1.807, 2.05) is 18.7 Å². The van der Waals surface area contributed by atoms with Gasteiger partial charge in [0.1, 0.15) is 11.5 Å². The van der Waals surface area contributed by atoms with Crippen LogP contribution in [0.3, 0.4) is 0 Å². The third kappa shape index (κ3) is 5.54. The van der Waals surface area contributed by atoms with Crippen molar-refractivity contribution in [2.75, 3.05) is 33.9 Å². The lowest BCUT2D eigenvalue weighted by Crippen LogP contribution is -2.52. The Hall–Kier alpha value is -1.99. The Labute approximate surface area is 179 Å². The van der Waals surface area contributed by atoms with Gasteiger partial charge in [0.25, 0.3) is 5.91 Å². The molecule has 0 unspecified atom stereocenters. The normalized spacial score (nSPS) is 14.7. The molecule has 2 amide bonds. The smallest absolute Gasteiger partial charge is 0.257 e. The molecule has 7 nitrogen and oxygen atoms in total. The molecule has 2 rings (SSSR count). The van der Waals surface area contributed by atoms with Crippen LogP contribution in [0.2, 0.25) is 0 Å². The molecule has 0 aromatic heterocycles. The van der Waals surface area contributed by atoms with Crippen LogP contribution in [0, 0.1) is 5.41 Å². The van der Waals surface area contributed by atoms with Gasteiger partial charge in [-0.3, -0.25) is 9.59 Å². The van der Waals surface area contributed by atoms with Gasteiger partial charge in [-0.05, 0) is 37.8 Å². The highest BCUT2D eigenvalue weighted by atomic mass is 35.5. The van der Waals surface area contributed by atoms with Crippen molar-refractivity contribution in [3.8, 4) is 11.5 Å². The molecule has 0 spiro atoms. The van der Waals surface area contributed by atoms with Crippen molar-refractivity contribution >= 4 is 24.2 Å². The summed E-state index contributed by atoms with van der Waals surface area (Å²) in [5.74, 6) is 1.10. The quantitative estimate of drug-likeness (QED) is 0.665. The second kappa shape index (κ2) is 11.3. The fourth-order valence-electron chi connectivity index (χ4n) is 3.66. The number of hydrogen-bond acceptors (Lipinski definition) is 5. The molecule has 1 aliphatic heterocycles. The van der Waals surface area contributed by atoms with Gasteiger partial charge in [-0.25, -0.2) is 0 Å². The molecule has 8 heteroatoms. The Morgan fingerprint density at radius 2 is 1.79 bits per heavy atom. The van der Waals surface area contributed by atoms with E-state index in [4.69, 9.17) is 15.2 Å². The lowest BCUT2D eigenvalue weighted by molar-refractivity contribution is -0.132. The average Bonchev–Trinajstić information content (AvgIpc) is 2.75. The summed E-state index contributed by atoms with van der Waals surface area (Å²) < 4.78 is 10.5. The first-order chi connectivity index (χ1) is 13.4. The highest BCUT2D eigenvalue weighted by Gasteiger charge is 2.35. The zero-order valence-electron chi connectivity index (χ0n) is 17.8. The topological polar surface area (TPSA) is 93.9 Å². The van der Waals surface area contributed by atoms with Gasteiger partial charge < -0.3 is 25.4 Å². The van der Waals surface area contributed by atoms with Crippen LogP contribution in [-0.2, 0) is 4.79 Å². The van der Waals surface area contributed by atoms with Crippen molar-refractivity contribution in [3.63, 3.8) is 0 Å².